The lowest BCUT2D eigenvalue weighted by atomic mass is 9.66. The second kappa shape index (κ2) is 9.40. The number of aromatic nitrogens is 1. The molecule has 1 aliphatic carbocycles. The molecule has 0 amide bonds. The smallest absolute Gasteiger partial charge is 0.150 e. The van der Waals surface area contributed by atoms with E-state index in [2.05, 4.69) is 157 Å². The molecule has 48 heavy (non-hydrogen) atoms. The maximum absolute atomic E-state index is 6.69. The largest absolute Gasteiger partial charge is 0.455 e. The predicted molar refractivity (Wildman–Crippen MR) is 197 cm³/mol. The van der Waals surface area contributed by atoms with Crippen LogP contribution in [0.3, 0.4) is 0 Å². The van der Waals surface area contributed by atoms with Crippen LogP contribution in [0.2, 0.25) is 0 Å². The van der Waals surface area contributed by atoms with Gasteiger partial charge in [-0.3, -0.25) is 4.98 Å². The summed E-state index contributed by atoms with van der Waals surface area (Å²) in [5.74, 6) is 1.67. The van der Waals surface area contributed by atoms with E-state index in [4.69, 9.17) is 4.74 Å². The lowest BCUT2D eigenvalue weighted by Crippen LogP contribution is -2.32. The molecule has 2 heterocycles. The van der Waals surface area contributed by atoms with Gasteiger partial charge < -0.3 is 4.74 Å². The van der Waals surface area contributed by atoms with Crippen LogP contribution in [0.15, 0.2) is 164 Å². The van der Waals surface area contributed by atoms with Gasteiger partial charge in [-0.1, -0.05) is 127 Å². The third kappa shape index (κ3) is 3.24. The number of benzene rings is 8. The quantitative estimate of drug-likeness (QED) is 0.173. The lowest BCUT2D eigenvalue weighted by molar-refractivity contribution is 0.434. The minimum absolute atomic E-state index is 0.558. The van der Waals surface area contributed by atoms with Crippen molar-refractivity contribution < 1.29 is 4.74 Å². The molecule has 0 N–H and O–H groups in total. The fourth-order valence-electron chi connectivity index (χ4n) is 8.84. The molecule has 0 saturated carbocycles. The van der Waals surface area contributed by atoms with Crippen LogP contribution < -0.4 is 4.74 Å². The van der Waals surface area contributed by atoms with Crippen molar-refractivity contribution in [2.45, 2.75) is 5.41 Å². The highest BCUT2D eigenvalue weighted by Crippen LogP contribution is 2.63. The number of nitrogens with zero attached hydrogens (tertiary/aromatic N) is 1. The number of fused-ring (bicyclic) bond motifs is 17. The zero-order valence-electron chi connectivity index (χ0n) is 25.9. The summed E-state index contributed by atoms with van der Waals surface area (Å²) in [4.78, 5) is 4.50. The molecule has 2 nitrogen and oxygen atoms in total. The van der Waals surface area contributed by atoms with Crippen LogP contribution in [0.4, 0.5) is 0 Å². The predicted octanol–water partition coefficient (Wildman–Crippen LogP) is 11.8. The van der Waals surface area contributed by atoms with Gasteiger partial charge in [-0.25, -0.2) is 0 Å². The molecule has 8 aromatic carbocycles. The SMILES string of the molecule is c1ccc2c(c1)-c1c(ccc3ccccc13)C21c2ccncc2Oc2ccc(-c3ccc4c5ccccc5c5ccccc5c4c3)cc21. The Labute approximate surface area is 277 Å². The number of hydrogen-bond donors (Lipinski definition) is 0. The van der Waals surface area contributed by atoms with Crippen molar-refractivity contribution in [3.05, 3.63) is 186 Å². The number of pyridine rings is 1. The highest BCUT2D eigenvalue weighted by Gasteiger charge is 2.51. The van der Waals surface area contributed by atoms with Gasteiger partial charge in [0.05, 0.1) is 11.6 Å². The summed E-state index contributed by atoms with van der Waals surface area (Å²) in [5, 5.41) is 10.2. The van der Waals surface area contributed by atoms with Gasteiger partial charge in [0.15, 0.2) is 5.75 Å². The normalized spacial score (nSPS) is 15.8. The molecule has 0 bridgehead atoms. The molecule has 11 rings (SSSR count). The van der Waals surface area contributed by atoms with Crippen LogP contribution in [0, 0.1) is 0 Å². The first-order chi connectivity index (χ1) is 23.8. The molecule has 0 fully saturated rings. The molecule has 9 aromatic rings. The van der Waals surface area contributed by atoms with Crippen LogP contribution in [-0.2, 0) is 5.41 Å². The minimum atomic E-state index is -0.558. The molecule has 1 aliphatic heterocycles. The van der Waals surface area contributed by atoms with E-state index in [1.54, 1.807) is 0 Å². The molecule has 222 valence electrons. The van der Waals surface area contributed by atoms with Gasteiger partial charge in [-0.2, -0.15) is 0 Å². The average molecular weight is 610 g/mol. The summed E-state index contributed by atoms with van der Waals surface area (Å²) in [5.41, 5.74) is 9.21. The van der Waals surface area contributed by atoms with Crippen molar-refractivity contribution >= 4 is 43.1 Å². The monoisotopic (exact) mass is 609 g/mol. The Hall–Kier alpha value is -6.25. The summed E-state index contributed by atoms with van der Waals surface area (Å²) >= 11 is 0. The van der Waals surface area contributed by atoms with Crippen LogP contribution in [0.5, 0.6) is 11.5 Å². The highest BCUT2D eigenvalue weighted by molar-refractivity contribution is 6.25. The molecular weight excluding hydrogens is 583 g/mol. The summed E-state index contributed by atoms with van der Waals surface area (Å²) in [6.45, 7) is 0. The molecule has 2 heteroatoms. The Kier molecular flexibility index (Phi) is 5.07. The molecular formula is C46H27NO. The van der Waals surface area contributed by atoms with Crippen molar-refractivity contribution in [1.82, 2.24) is 4.98 Å². The fourth-order valence-corrected chi connectivity index (χ4v) is 8.84. The minimum Gasteiger partial charge on any atom is -0.455 e. The maximum Gasteiger partial charge on any atom is 0.150 e. The van der Waals surface area contributed by atoms with Gasteiger partial charge in [-0.15, -0.1) is 0 Å². The first-order valence-corrected chi connectivity index (χ1v) is 16.5. The van der Waals surface area contributed by atoms with Crippen molar-refractivity contribution in [1.29, 1.82) is 0 Å². The van der Waals surface area contributed by atoms with Crippen molar-refractivity contribution in [2.24, 2.45) is 0 Å². The van der Waals surface area contributed by atoms with Crippen LogP contribution in [-0.4, -0.2) is 4.98 Å². The zero-order valence-corrected chi connectivity index (χ0v) is 25.9. The van der Waals surface area contributed by atoms with Crippen LogP contribution in [0.25, 0.3) is 65.3 Å². The van der Waals surface area contributed by atoms with E-state index in [9.17, 15) is 0 Å². The van der Waals surface area contributed by atoms with E-state index in [-0.39, 0.29) is 0 Å². The van der Waals surface area contributed by atoms with Gasteiger partial charge in [0.2, 0.25) is 0 Å². The van der Waals surface area contributed by atoms with Gasteiger partial charge in [0.1, 0.15) is 5.75 Å². The topological polar surface area (TPSA) is 22.1 Å². The van der Waals surface area contributed by atoms with E-state index in [1.807, 2.05) is 12.4 Å². The van der Waals surface area contributed by atoms with Gasteiger partial charge in [0, 0.05) is 17.3 Å². The number of rotatable bonds is 1. The zero-order chi connectivity index (χ0) is 31.4. The highest BCUT2D eigenvalue weighted by atomic mass is 16.5. The van der Waals surface area contributed by atoms with Gasteiger partial charge in [0.25, 0.3) is 0 Å². The average Bonchev–Trinajstić information content (AvgIpc) is 3.46. The third-order valence-corrected chi connectivity index (χ3v) is 10.8. The van der Waals surface area contributed by atoms with E-state index in [1.165, 1.54) is 76.5 Å². The van der Waals surface area contributed by atoms with E-state index in [0.29, 0.717) is 0 Å². The summed E-state index contributed by atoms with van der Waals surface area (Å²) in [7, 11) is 0. The summed E-state index contributed by atoms with van der Waals surface area (Å²) in [6.07, 6.45) is 3.77. The van der Waals surface area contributed by atoms with E-state index >= 15 is 0 Å². The Bertz CT molecular complexity index is 2800. The molecule has 2 aliphatic rings. The Morgan fingerprint density at radius 2 is 1.06 bits per heavy atom. The molecule has 1 atom stereocenters. The summed E-state index contributed by atoms with van der Waals surface area (Å²) in [6, 6.07) is 55.7. The first-order valence-electron chi connectivity index (χ1n) is 16.5. The second-order valence-electron chi connectivity index (χ2n) is 13.0. The first kappa shape index (κ1) is 25.9. The van der Waals surface area contributed by atoms with Gasteiger partial charge >= 0.3 is 0 Å². The fraction of sp³-hybridized carbons (Fsp3) is 0.0217. The standard InChI is InChI=1S/C46H27NO/c1-2-10-31-28(9-1)18-21-41-45(31)37-15-7-8-16-39(37)46(41)40-23-24-47-27-44(40)48-43-22-19-30(26-42(43)46)29-17-20-36-34-13-4-3-11-32(34)33-12-5-6-14-35(33)38(36)25-29/h1-27H. The Morgan fingerprint density at radius 3 is 1.88 bits per heavy atom. The molecule has 0 saturated heterocycles. The van der Waals surface area contributed by atoms with Crippen LogP contribution in [0.1, 0.15) is 22.3 Å². The van der Waals surface area contributed by atoms with Crippen LogP contribution >= 0.6 is 0 Å². The van der Waals surface area contributed by atoms with E-state index < -0.39 is 5.41 Å². The number of ether oxygens (including phenoxy) is 1. The summed E-state index contributed by atoms with van der Waals surface area (Å²) < 4.78 is 6.69. The molecule has 1 unspecified atom stereocenters. The molecule has 1 spiro atoms. The Balaban J connectivity index is 1.22. The van der Waals surface area contributed by atoms with E-state index in [0.717, 1.165) is 22.6 Å². The molecule has 0 radical (unpaired) electrons. The van der Waals surface area contributed by atoms with Crippen molar-refractivity contribution in [3.8, 4) is 33.8 Å². The maximum atomic E-state index is 6.69. The second-order valence-corrected chi connectivity index (χ2v) is 13.0. The van der Waals surface area contributed by atoms with Crippen molar-refractivity contribution in [2.75, 3.05) is 0 Å². The molecule has 1 aromatic heterocycles. The van der Waals surface area contributed by atoms with Crippen molar-refractivity contribution in [3.63, 3.8) is 0 Å². The third-order valence-electron chi connectivity index (χ3n) is 10.8. The lowest BCUT2D eigenvalue weighted by Gasteiger charge is -2.39. The Morgan fingerprint density at radius 1 is 0.417 bits per heavy atom. The van der Waals surface area contributed by atoms with Gasteiger partial charge in [-0.05, 0) is 101 Å². The number of hydrogen-bond acceptors (Lipinski definition) is 2.